The average molecular weight is 516 g/mol. The molecular formula is C24H20F3N5O3S. The van der Waals surface area contributed by atoms with Crippen molar-refractivity contribution < 1.29 is 26.6 Å². The van der Waals surface area contributed by atoms with E-state index in [1.807, 2.05) is 0 Å². The van der Waals surface area contributed by atoms with Crippen LogP contribution in [0.15, 0.2) is 70.7 Å². The SMILES string of the molecule is O=C(NCc1cc(-c2ccc(C(F)(F)F)cn2)ccn1)C1CCCN1S(=O)c1cc2cnccc2o1. The van der Waals surface area contributed by atoms with Crippen molar-refractivity contribution >= 4 is 27.9 Å². The van der Waals surface area contributed by atoms with Gasteiger partial charge in [-0.2, -0.15) is 13.2 Å². The van der Waals surface area contributed by atoms with Gasteiger partial charge in [-0.15, -0.1) is 0 Å². The lowest BCUT2D eigenvalue weighted by Crippen LogP contribution is -2.43. The lowest BCUT2D eigenvalue weighted by atomic mass is 10.1. The summed E-state index contributed by atoms with van der Waals surface area (Å²) in [7, 11) is -1.65. The molecule has 0 aliphatic carbocycles. The molecule has 1 fully saturated rings. The molecular weight excluding hydrogens is 495 g/mol. The van der Waals surface area contributed by atoms with Gasteiger partial charge < -0.3 is 9.73 Å². The number of fused-ring (bicyclic) bond motifs is 1. The first kappa shape index (κ1) is 24.1. The van der Waals surface area contributed by atoms with E-state index < -0.39 is 28.8 Å². The van der Waals surface area contributed by atoms with E-state index in [4.69, 9.17) is 4.42 Å². The number of aromatic nitrogens is 3. The van der Waals surface area contributed by atoms with Gasteiger partial charge in [0, 0.05) is 48.3 Å². The standard InChI is InChI=1S/C24H20F3N5O3S/c25-24(26,27)17-3-4-19(30-13-17)15-5-8-29-18(10-15)14-31-23(33)20-2-1-9-32(20)36(34)22-11-16-12-28-7-6-21(16)35-22/h3-8,10-13,20H,1-2,9,14H2,(H,31,33). The number of furan rings is 1. The van der Waals surface area contributed by atoms with Crippen LogP contribution in [0.3, 0.4) is 0 Å². The summed E-state index contributed by atoms with van der Waals surface area (Å²) in [5, 5.41) is 3.82. The highest BCUT2D eigenvalue weighted by Gasteiger charge is 2.36. The second-order valence-electron chi connectivity index (χ2n) is 8.21. The summed E-state index contributed by atoms with van der Waals surface area (Å²) < 4.78 is 58.8. The maximum Gasteiger partial charge on any atom is 0.417 e. The van der Waals surface area contributed by atoms with E-state index in [1.165, 1.54) is 12.3 Å². The van der Waals surface area contributed by atoms with Crippen LogP contribution >= 0.6 is 0 Å². The van der Waals surface area contributed by atoms with E-state index in [-0.39, 0.29) is 17.5 Å². The first-order valence-corrected chi connectivity index (χ1v) is 12.2. The van der Waals surface area contributed by atoms with Crippen LogP contribution in [0.1, 0.15) is 24.1 Å². The number of hydrogen-bond acceptors (Lipinski definition) is 6. The summed E-state index contributed by atoms with van der Waals surface area (Å²) >= 11 is 0. The van der Waals surface area contributed by atoms with Gasteiger partial charge in [0.15, 0.2) is 11.0 Å². The third kappa shape index (κ3) is 5.00. The highest BCUT2D eigenvalue weighted by Crippen LogP contribution is 2.30. The fraction of sp³-hybridized carbons (Fsp3) is 0.250. The summed E-state index contributed by atoms with van der Waals surface area (Å²) in [5.74, 6) is -0.293. The van der Waals surface area contributed by atoms with Gasteiger partial charge in [-0.25, -0.2) is 8.51 Å². The first-order valence-electron chi connectivity index (χ1n) is 11.1. The molecule has 1 amide bonds. The Morgan fingerprint density at radius 1 is 1.14 bits per heavy atom. The van der Waals surface area contributed by atoms with Crippen molar-refractivity contribution in [2.75, 3.05) is 6.54 Å². The molecule has 0 radical (unpaired) electrons. The zero-order valence-corrected chi connectivity index (χ0v) is 19.6. The van der Waals surface area contributed by atoms with E-state index in [9.17, 15) is 22.2 Å². The Bertz CT molecular complexity index is 1390. The predicted molar refractivity (Wildman–Crippen MR) is 124 cm³/mol. The summed E-state index contributed by atoms with van der Waals surface area (Å²) in [6.07, 6.45) is 2.28. The molecule has 1 aliphatic rings. The molecule has 1 N–H and O–H groups in total. The van der Waals surface area contributed by atoms with Gasteiger partial charge in [0.1, 0.15) is 11.6 Å². The summed E-state index contributed by atoms with van der Waals surface area (Å²) in [6, 6.07) is 8.30. The molecule has 4 aromatic rings. The van der Waals surface area contributed by atoms with Crippen LogP contribution in [0.5, 0.6) is 0 Å². The normalized spacial score (nSPS) is 17.4. The molecule has 4 aromatic heterocycles. The smallest absolute Gasteiger partial charge is 0.417 e. The van der Waals surface area contributed by atoms with Crippen LogP contribution in [0.2, 0.25) is 0 Å². The van der Waals surface area contributed by atoms with Crippen molar-refractivity contribution in [2.45, 2.75) is 36.7 Å². The first-order chi connectivity index (χ1) is 17.3. The van der Waals surface area contributed by atoms with E-state index in [1.54, 1.807) is 41.0 Å². The molecule has 5 heterocycles. The van der Waals surface area contributed by atoms with Gasteiger partial charge in [-0.1, -0.05) is 0 Å². The summed E-state index contributed by atoms with van der Waals surface area (Å²) in [5.41, 5.74) is 1.19. The minimum absolute atomic E-state index is 0.0978. The Labute approximate surface area is 206 Å². The Balaban J connectivity index is 1.25. The van der Waals surface area contributed by atoms with Gasteiger partial charge in [-0.3, -0.25) is 19.7 Å². The number of pyridine rings is 3. The number of amides is 1. The molecule has 1 saturated heterocycles. The van der Waals surface area contributed by atoms with Gasteiger partial charge >= 0.3 is 6.18 Å². The lowest BCUT2D eigenvalue weighted by molar-refractivity contribution is -0.137. The molecule has 8 nitrogen and oxygen atoms in total. The summed E-state index contributed by atoms with van der Waals surface area (Å²) in [4.78, 5) is 25.1. The van der Waals surface area contributed by atoms with Gasteiger partial charge in [0.05, 0.1) is 23.5 Å². The Hall–Kier alpha value is -3.64. The van der Waals surface area contributed by atoms with Crippen LogP contribution in [0, 0.1) is 0 Å². The lowest BCUT2D eigenvalue weighted by Gasteiger charge is -2.21. The van der Waals surface area contributed by atoms with Crippen LogP contribution < -0.4 is 5.32 Å². The Kier molecular flexibility index (Phi) is 6.54. The number of nitrogens with one attached hydrogen (secondary N) is 1. The van der Waals surface area contributed by atoms with E-state index in [0.29, 0.717) is 41.9 Å². The Morgan fingerprint density at radius 3 is 2.75 bits per heavy atom. The molecule has 0 spiro atoms. The molecule has 12 heteroatoms. The molecule has 1 aliphatic heterocycles. The molecule has 36 heavy (non-hydrogen) atoms. The second-order valence-corrected chi connectivity index (χ2v) is 9.58. The Morgan fingerprint density at radius 2 is 2.00 bits per heavy atom. The number of halogens is 3. The molecule has 0 saturated carbocycles. The molecule has 5 rings (SSSR count). The number of hydrogen-bond donors (Lipinski definition) is 1. The third-order valence-corrected chi connectivity index (χ3v) is 7.24. The average Bonchev–Trinajstić information content (AvgIpc) is 3.54. The topological polar surface area (TPSA) is 101 Å². The van der Waals surface area contributed by atoms with Crippen LogP contribution in [0.4, 0.5) is 13.2 Å². The maximum atomic E-state index is 13.1. The van der Waals surface area contributed by atoms with Crippen molar-refractivity contribution in [3.8, 4) is 11.3 Å². The van der Waals surface area contributed by atoms with Crippen LogP contribution in [-0.4, -0.2) is 42.0 Å². The van der Waals surface area contributed by atoms with Crippen molar-refractivity contribution in [2.24, 2.45) is 0 Å². The number of nitrogens with zero attached hydrogens (tertiary/aromatic N) is 4. The predicted octanol–water partition coefficient (Wildman–Crippen LogP) is 4.11. The van der Waals surface area contributed by atoms with Gasteiger partial charge in [-0.05, 0) is 43.2 Å². The fourth-order valence-electron chi connectivity index (χ4n) is 4.02. The number of carbonyl (C=O) groups excluding carboxylic acids is 1. The second kappa shape index (κ2) is 9.78. The fourth-order valence-corrected chi connectivity index (χ4v) is 5.37. The van der Waals surface area contributed by atoms with Crippen LogP contribution in [-0.2, 0) is 28.5 Å². The van der Waals surface area contributed by atoms with Crippen molar-refractivity contribution in [1.29, 1.82) is 0 Å². The highest BCUT2D eigenvalue weighted by atomic mass is 32.2. The minimum Gasteiger partial charge on any atom is -0.446 e. The quantitative estimate of drug-likeness (QED) is 0.415. The molecule has 0 bridgehead atoms. The molecule has 2 atom stereocenters. The van der Waals surface area contributed by atoms with E-state index in [0.717, 1.165) is 17.6 Å². The third-order valence-electron chi connectivity index (χ3n) is 5.83. The number of carbonyl (C=O) groups is 1. The van der Waals surface area contributed by atoms with Crippen molar-refractivity contribution in [3.63, 3.8) is 0 Å². The highest BCUT2D eigenvalue weighted by molar-refractivity contribution is 7.82. The molecule has 186 valence electrons. The molecule has 2 unspecified atom stereocenters. The van der Waals surface area contributed by atoms with Gasteiger partial charge in [0.25, 0.3) is 0 Å². The number of rotatable bonds is 6. The van der Waals surface area contributed by atoms with E-state index >= 15 is 0 Å². The zero-order chi connectivity index (χ0) is 25.3. The zero-order valence-electron chi connectivity index (χ0n) is 18.7. The van der Waals surface area contributed by atoms with Crippen LogP contribution in [0.25, 0.3) is 22.2 Å². The monoisotopic (exact) mass is 515 g/mol. The molecule has 0 aromatic carbocycles. The largest absolute Gasteiger partial charge is 0.446 e. The van der Waals surface area contributed by atoms with Crippen molar-refractivity contribution in [3.05, 3.63) is 72.4 Å². The summed E-state index contributed by atoms with van der Waals surface area (Å²) in [6.45, 7) is 0.577. The van der Waals surface area contributed by atoms with Gasteiger partial charge in [0.2, 0.25) is 11.0 Å². The van der Waals surface area contributed by atoms with E-state index in [2.05, 4.69) is 20.3 Å². The minimum atomic E-state index is -4.46. The van der Waals surface area contributed by atoms with Crippen molar-refractivity contribution in [1.82, 2.24) is 24.6 Å². The maximum absolute atomic E-state index is 13.1. The number of alkyl halides is 3.